The van der Waals surface area contributed by atoms with Crippen molar-refractivity contribution in [2.24, 2.45) is 17.3 Å². The third-order valence-electron chi connectivity index (χ3n) is 6.04. The van der Waals surface area contributed by atoms with Crippen LogP contribution >= 0.6 is 0 Å². The zero-order valence-electron chi connectivity index (χ0n) is 17.1. The second-order valence-electron chi connectivity index (χ2n) is 8.88. The van der Waals surface area contributed by atoms with Gasteiger partial charge in [0.1, 0.15) is 6.26 Å². The summed E-state index contributed by atoms with van der Waals surface area (Å²) in [4.78, 5) is 29.8. The Balaban J connectivity index is 1.47. The summed E-state index contributed by atoms with van der Waals surface area (Å²) in [5.41, 5.74) is 1.64. The molecule has 6 nitrogen and oxygen atoms in total. The monoisotopic (exact) mass is 395 g/mol. The summed E-state index contributed by atoms with van der Waals surface area (Å²) in [7, 11) is 0. The molecule has 1 spiro atoms. The largest absolute Gasteiger partial charge is 0.472 e. The second-order valence-corrected chi connectivity index (χ2v) is 8.88. The highest BCUT2D eigenvalue weighted by atomic mass is 16.3. The van der Waals surface area contributed by atoms with Gasteiger partial charge in [0.2, 0.25) is 5.91 Å². The third kappa shape index (κ3) is 4.08. The van der Waals surface area contributed by atoms with E-state index in [4.69, 9.17) is 4.42 Å². The van der Waals surface area contributed by atoms with Crippen LogP contribution in [0.5, 0.6) is 0 Å². The van der Waals surface area contributed by atoms with Crippen LogP contribution in [0.4, 0.5) is 0 Å². The van der Waals surface area contributed by atoms with Gasteiger partial charge in [-0.1, -0.05) is 44.2 Å². The summed E-state index contributed by atoms with van der Waals surface area (Å²) in [6.07, 6.45) is 3.00. The molecule has 0 aliphatic carbocycles. The number of likely N-dealkylation sites (tertiary alicyclic amines) is 2. The highest BCUT2D eigenvalue weighted by Crippen LogP contribution is 2.45. The van der Waals surface area contributed by atoms with Gasteiger partial charge in [-0.3, -0.25) is 14.5 Å². The number of nitrogens with one attached hydrogen (secondary N) is 1. The molecule has 1 aromatic carbocycles. The van der Waals surface area contributed by atoms with Crippen LogP contribution in [0.1, 0.15) is 29.8 Å². The summed E-state index contributed by atoms with van der Waals surface area (Å²) in [5, 5.41) is 3.12. The molecule has 1 aromatic heterocycles. The molecule has 0 radical (unpaired) electrons. The molecule has 0 bridgehead atoms. The van der Waals surface area contributed by atoms with Crippen molar-refractivity contribution < 1.29 is 14.0 Å². The first-order valence-electron chi connectivity index (χ1n) is 10.3. The van der Waals surface area contributed by atoms with Gasteiger partial charge < -0.3 is 14.6 Å². The summed E-state index contributed by atoms with van der Waals surface area (Å²) in [5.74, 6) is 0.410. The average molecular weight is 396 g/mol. The minimum atomic E-state index is -0.171. The van der Waals surface area contributed by atoms with Crippen molar-refractivity contribution in [3.8, 4) is 0 Å². The van der Waals surface area contributed by atoms with E-state index < -0.39 is 0 Å². The maximum atomic E-state index is 13.0. The van der Waals surface area contributed by atoms with Gasteiger partial charge in [0.05, 0.1) is 17.7 Å². The molecule has 1 N–H and O–H groups in total. The van der Waals surface area contributed by atoms with Crippen molar-refractivity contribution >= 4 is 11.8 Å². The molecule has 2 saturated heterocycles. The SMILES string of the molecule is CC(C)CNC(=O)C1CN(Cc2ccccc2)CC12CN(C(=O)c1ccoc1)C2. The molecular weight excluding hydrogens is 366 g/mol. The predicted octanol–water partition coefficient (Wildman–Crippen LogP) is 2.63. The molecule has 154 valence electrons. The number of hydrogen-bond donors (Lipinski definition) is 1. The molecule has 6 heteroatoms. The Bertz CT molecular complexity index is 842. The van der Waals surface area contributed by atoms with Crippen LogP contribution in [-0.2, 0) is 11.3 Å². The molecule has 29 heavy (non-hydrogen) atoms. The lowest BCUT2D eigenvalue weighted by atomic mass is 9.71. The number of carbonyl (C=O) groups is 2. The van der Waals surface area contributed by atoms with E-state index in [0.29, 0.717) is 31.1 Å². The molecule has 2 aromatic rings. The normalized spacial score (nSPS) is 20.8. The van der Waals surface area contributed by atoms with E-state index in [2.05, 4.69) is 36.2 Å². The van der Waals surface area contributed by atoms with Gasteiger partial charge in [-0.05, 0) is 17.5 Å². The number of rotatable bonds is 6. The maximum absolute atomic E-state index is 13.0. The first kappa shape index (κ1) is 19.7. The number of carbonyl (C=O) groups excluding carboxylic acids is 2. The Morgan fingerprint density at radius 3 is 2.59 bits per heavy atom. The van der Waals surface area contributed by atoms with Gasteiger partial charge in [-0.25, -0.2) is 0 Å². The molecule has 2 aliphatic heterocycles. The van der Waals surface area contributed by atoms with Crippen LogP contribution in [0.2, 0.25) is 0 Å². The van der Waals surface area contributed by atoms with Crippen LogP contribution in [0, 0.1) is 17.3 Å². The molecule has 1 unspecified atom stereocenters. The lowest BCUT2D eigenvalue weighted by Gasteiger charge is -2.50. The Hall–Kier alpha value is -2.60. The quantitative estimate of drug-likeness (QED) is 0.817. The zero-order chi connectivity index (χ0) is 20.4. The zero-order valence-corrected chi connectivity index (χ0v) is 17.1. The van der Waals surface area contributed by atoms with Crippen LogP contribution in [0.15, 0.2) is 53.3 Å². The molecule has 2 aliphatic rings. The molecule has 2 amide bonds. The predicted molar refractivity (Wildman–Crippen MR) is 110 cm³/mol. The highest BCUT2D eigenvalue weighted by Gasteiger charge is 2.57. The first-order valence-corrected chi connectivity index (χ1v) is 10.3. The topological polar surface area (TPSA) is 65.8 Å². The van der Waals surface area contributed by atoms with E-state index in [1.54, 1.807) is 6.07 Å². The summed E-state index contributed by atoms with van der Waals surface area (Å²) in [6, 6.07) is 12.0. The summed E-state index contributed by atoms with van der Waals surface area (Å²) in [6.45, 7) is 8.49. The smallest absolute Gasteiger partial charge is 0.257 e. The minimum Gasteiger partial charge on any atom is -0.472 e. The fraction of sp³-hybridized carbons (Fsp3) is 0.478. The molecule has 4 rings (SSSR count). The number of benzene rings is 1. The van der Waals surface area contributed by atoms with Crippen molar-refractivity contribution in [1.82, 2.24) is 15.1 Å². The number of amides is 2. The van der Waals surface area contributed by atoms with E-state index in [1.807, 2.05) is 23.1 Å². The second kappa shape index (κ2) is 8.03. The van der Waals surface area contributed by atoms with Crippen molar-refractivity contribution in [3.05, 3.63) is 60.1 Å². The fourth-order valence-electron chi connectivity index (χ4n) is 4.57. The number of nitrogens with zero attached hydrogens (tertiary/aromatic N) is 2. The van der Waals surface area contributed by atoms with E-state index in [-0.39, 0.29) is 23.1 Å². The van der Waals surface area contributed by atoms with Gasteiger partial charge in [0.25, 0.3) is 5.91 Å². The van der Waals surface area contributed by atoms with Gasteiger partial charge >= 0.3 is 0 Å². The Kier molecular flexibility index (Phi) is 5.46. The van der Waals surface area contributed by atoms with Crippen LogP contribution in [0.25, 0.3) is 0 Å². The van der Waals surface area contributed by atoms with Gasteiger partial charge in [-0.2, -0.15) is 0 Å². The van der Waals surface area contributed by atoms with Crippen molar-refractivity contribution in [3.63, 3.8) is 0 Å². The molecule has 2 fully saturated rings. The first-order chi connectivity index (χ1) is 14.0. The minimum absolute atomic E-state index is 0.0211. The van der Waals surface area contributed by atoms with E-state index >= 15 is 0 Å². The Morgan fingerprint density at radius 2 is 1.93 bits per heavy atom. The Labute approximate surface area is 171 Å². The molecule has 0 saturated carbocycles. The van der Waals surface area contributed by atoms with Crippen LogP contribution in [0.3, 0.4) is 0 Å². The fourth-order valence-corrected chi connectivity index (χ4v) is 4.57. The van der Waals surface area contributed by atoms with E-state index in [0.717, 1.165) is 19.6 Å². The lowest BCUT2D eigenvalue weighted by Crippen LogP contribution is -2.64. The standard InChI is InChI=1S/C23H29N3O3/c1-17(2)10-24-21(27)20-12-25(11-18-6-4-3-5-7-18)14-23(20)15-26(16-23)22(28)19-8-9-29-13-19/h3-9,13,17,20H,10-12,14-16H2,1-2H3,(H,24,27). The summed E-state index contributed by atoms with van der Waals surface area (Å²) >= 11 is 0. The van der Waals surface area contributed by atoms with E-state index in [9.17, 15) is 9.59 Å². The van der Waals surface area contributed by atoms with Crippen LogP contribution in [-0.4, -0.2) is 54.3 Å². The van der Waals surface area contributed by atoms with Crippen molar-refractivity contribution in [2.75, 3.05) is 32.7 Å². The molecule has 3 heterocycles. The highest BCUT2D eigenvalue weighted by molar-refractivity contribution is 5.94. The van der Waals surface area contributed by atoms with Crippen molar-refractivity contribution in [2.45, 2.75) is 20.4 Å². The number of hydrogen-bond acceptors (Lipinski definition) is 4. The average Bonchev–Trinajstić information content (AvgIpc) is 3.33. The van der Waals surface area contributed by atoms with Crippen LogP contribution < -0.4 is 5.32 Å². The van der Waals surface area contributed by atoms with Gasteiger partial charge in [0, 0.05) is 44.7 Å². The molecule has 1 atom stereocenters. The third-order valence-corrected chi connectivity index (χ3v) is 6.04. The van der Waals surface area contributed by atoms with E-state index in [1.165, 1.54) is 18.1 Å². The summed E-state index contributed by atoms with van der Waals surface area (Å²) < 4.78 is 5.05. The molecular formula is C23H29N3O3. The van der Waals surface area contributed by atoms with Gasteiger partial charge in [0.15, 0.2) is 0 Å². The van der Waals surface area contributed by atoms with Crippen molar-refractivity contribution in [1.29, 1.82) is 0 Å². The lowest BCUT2D eigenvalue weighted by molar-refractivity contribution is -0.131. The maximum Gasteiger partial charge on any atom is 0.257 e. The number of furan rings is 1. The Morgan fingerprint density at radius 1 is 1.17 bits per heavy atom. The van der Waals surface area contributed by atoms with Gasteiger partial charge in [-0.15, -0.1) is 0 Å².